The lowest BCUT2D eigenvalue weighted by Crippen LogP contribution is -2.43. The Balaban J connectivity index is 2.81. The molecule has 2 atom stereocenters. The van der Waals surface area contributed by atoms with Crippen LogP contribution in [0, 0.1) is 19.8 Å². The van der Waals surface area contributed by atoms with Gasteiger partial charge in [-0.05, 0) is 51.9 Å². The van der Waals surface area contributed by atoms with E-state index in [2.05, 4.69) is 77.1 Å². The maximum atomic E-state index is 3.79. The minimum Gasteiger partial charge on any atom is -0.308 e. The van der Waals surface area contributed by atoms with E-state index in [4.69, 9.17) is 0 Å². The molecule has 0 fully saturated rings. The SMILES string of the molecule is Cc1ccc(C)c(C(C)NC(CN(C)C)C(C)C)c1. The number of aryl methyl sites for hydroxylation is 2. The Labute approximate surface area is 119 Å². The second-order valence-corrected chi connectivity index (χ2v) is 6.36. The summed E-state index contributed by atoms with van der Waals surface area (Å²) < 4.78 is 0. The summed E-state index contributed by atoms with van der Waals surface area (Å²) in [7, 11) is 4.28. The highest BCUT2D eigenvalue weighted by molar-refractivity contribution is 5.32. The van der Waals surface area contributed by atoms with Crippen LogP contribution in [0.3, 0.4) is 0 Å². The van der Waals surface area contributed by atoms with Gasteiger partial charge in [0.1, 0.15) is 0 Å². The average Bonchev–Trinajstić information content (AvgIpc) is 2.30. The minimum absolute atomic E-state index is 0.396. The maximum absolute atomic E-state index is 3.79. The number of nitrogens with one attached hydrogen (secondary N) is 1. The number of nitrogens with zero attached hydrogens (tertiary/aromatic N) is 1. The van der Waals surface area contributed by atoms with Crippen LogP contribution in [0.4, 0.5) is 0 Å². The van der Waals surface area contributed by atoms with E-state index in [0.29, 0.717) is 18.0 Å². The molecule has 2 nitrogen and oxygen atoms in total. The normalized spacial score (nSPS) is 15.0. The molecule has 2 heteroatoms. The molecule has 0 radical (unpaired) electrons. The first-order valence-electron chi connectivity index (χ1n) is 7.29. The predicted octanol–water partition coefficient (Wildman–Crippen LogP) is 3.54. The Morgan fingerprint density at radius 2 is 1.74 bits per heavy atom. The fraction of sp³-hybridized carbons (Fsp3) is 0.647. The quantitative estimate of drug-likeness (QED) is 0.843. The molecule has 0 aliphatic rings. The van der Waals surface area contributed by atoms with E-state index in [1.165, 1.54) is 16.7 Å². The summed E-state index contributed by atoms with van der Waals surface area (Å²) in [6, 6.07) is 7.63. The largest absolute Gasteiger partial charge is 0.308 e. The lowest BCUT2D eigenvalue weighted by Gasteiger charge is -2.30. The fourth-order valence-electron chi connectivity index (χ4n) is 2.49. The lowest BCUT2D eigenvalue weighted by molar-refractivity contribution is 0.273. The summed E-state index contributed by atoms with van der Waals surface area (Å²) in [4.78, 5) is 2.26. The van der Waals surface area contributed by atoms with Crippen LogP contribution in [0.15, 0.2) is 18.2 Å². The van der Waals surface area contributed by atoms with Gasteiger partial charge in [0.15, 0.2) is 0 Å². The highest BCUT2D eigenvalue weighted by atomic mass is 15.1. The molecule has 0 amide bonds. The van der Waals surface area contributed by atoms with Crippen molar-refractivity contribution in [1.82, 2.24) is 10.2 Å². The summed E-state index contributed by atoms with van der Waals surface area (Å²) in [6.07, 6.45) is 0. The molecule has 0 aliphatic carbocycles. The van der Waals surface area contributed by atoms with Gasteiger partial charge in [-0.25, -0.2) is 0 Å². The topological polar surface area (TPSA) is 15.3 Å². The summed E-state index contributed by atoms with van der Waals surface area (Å²) in [6.45, 7) is 12.3. The number of likely N-dealkylation sites (N-methyl/N-ethyl adjacent to an activating group) is 1. The van der Waals surface area contributed by atoms with Gasteiger partial charge in [0.25, 0.3) is 0 Å². The number of hydrogen-bond donors (Lipinski definition) is 1. The molecule has 0 saturated carbocycles. The zero-order valence-electron chi connectivity index (χ0n) is 13.6. The standard InChI is InChI=1S/C17H30N2/c1-12(2)17(11-19(6)7)18-15(5)16-10-13(3)8-9-14(16)4/h8-10,12,15,17-18H,11H2,1-7H3. The van der Waals surface area contributed by atoms with Crippen LogP contribution in [0.2, 0.25) is 0 Å². The molecule has 0 aromatic heterocycles. The summed E-state index contributed by atoms with van der Waals surface area (Å²) in [5.41, 5.74) is 4.13. The van der Waals surface area contributed by atoms with Crippen LogP contribution in [0.25, 0.3) is 0 Å². The van der Waals surface area contributed by atoms with Gasteiger partial charge in [-0.1, -0.05) is 37.6 Å². The molecule has 1 rings (SSSR count). The Morgan fingerprint density at radius 3 is 2.26 bits per heavy atom. The Hall–Kier alpha value is -0.860. The van der Waals surface area contributed by atoms with E-state index < -0.39 is 0 Å². The Morgan fingerprint density at radius 1 is 1.11 bits per heavy atom. The van der Waals surface area contributed by atoms with Gasteiger partial charge in [0.2, 0.25) is 0 Å². The average molecular weight is 262 g/mol. The van der Waals surface area contributed by atoms with Crippen molar-refractivity contribution in [3.63, 3.8) is 0 Å². The molecular weight excluding hydrogens is 232 g/mol. The molecular formula is C17H30N2. The third-order valence-electron chi connectivity index (χ3n) is 3.73. The first kappa shape index (κ1) is 16.2. The third kappa shape index (κ3) is 4.96. The van der Waals surface area contributed by atoms with Crippen LogP contribution in [-0.2, 0) is 0 Å². The van der Waals surface area contributed by atoms with Crippen molar-refractivity contribution in [1.29, 1.82) is 0 Å². The third-order valence-corrected chi connectivity index (χ3v) is 3.73. The predicted molar refractivity (Wildman–Crippen MR) is 84.6 cm³/mol. The monoisotopic (exact) mass is 262 g/mol. The van der Waals surface area contributed by atoms with E-state index in [0.717, 1.165) is 6.54 Å². The van der Waals surface area contributed by atoms with Crippen LogP contribution < -0.4 is 5.32 Å². The van der Waals surface area contributed by atoms with Crippen molar-refractivity contribution >= 4 is 0 Å². The van der Waals surface area contributed by atoms with E-state index in [1.54, 1.807) is 0 Å². The van der Waals surface area contributed by atoms with Gasteiger partial charge in [0, 0.05) is 18.6 Å². The van der Waals surface area contributed by atoms with Crippen LogP contribution in [-0.4, -0.2) is 31.6 Å². The van der Waals surface area contributed by atoms with Crippen molar-refractivity contribution in [2.75, 3.05) is 20.6 Å². The van der Waals surface area contributed by atoms with Gasteiger partial charge < -0.3 is 10.2 Å². The van der Waals surface area contributed by atoms with Gasteiger partial charge in [0.05, 0.1) is 0 Å². The highest BCUT2D eigenvalue weighted by Gasteiger charge is 2.18. The van der Waals surface area contributed by atoms with Crippen molar-refractivity contribution in [3.8, 4) is 0 Å². The van der Waals surface area contributed by atoms with Crippen LogP contribution in [0.1, 0.15) is 43.5 Å². The molecule has 0 aliphatic heterocycles. The maximum Gasteiger partial charge on any atom is 0.0297 e. The van der Waals surface area contributed by atoms with Gasteiger partial charge in [-0.2, -0.15) is 0 Å². The first-order chi connectivity index (χ1) is 8.81. The molecule has 0 bridgehead atoms. The van der Waals surface area contributed by atoms with Gasteiger partial charge >= 0.3 is 0 Å². The van der Waals surface area contributed by atoms with Gasteiger partial charge in [-0.3, -0.25) is 0 Å². The molecule has 19 heavy (non-hydrogen) atoms. The second kappa shape index (κ2) is 7.06. The number of hydrogen-bond acceptors (Lipinski definition) is 2. The smallest absolute Gasteiger partial charge is 0.0297 e. The zero-order chi connectivity index (χ0) is 14.6. The minimum atomic E-state index is 0.396. The molecule has 0 saturated heterocycles. The summed E-state index contributed by atoms with van der Waals surface area (Å²) in [5, 5.41) is 3.79. The lowest BCUT2D eigenvalue weighted by atomic mass is 9.97. The molecule has 0 heterocycles. The van der Waals surface area contributed by atoms with E-state index >= 15 is 0 Å². The van der Waals surface area contributed by atoms with E-state index in [-0.39, 0.29) is 0 Å². The van der Waals surface area contributed by atoms with Crippen LogP contribution >= 0.6 is 0 Å². The number of rotatable bonds is 6. The van der Waals surface area contributed by atoms with Crippen molar-refractivity contribution < 1.29 is 0 Å². The van der Waals surface area contributed by atoms with Crippen molar-refractivity contribution in [2.24, 2.45) is 5.92 Å². The summed E-state index contributed by atoms with van der Waals surface area (Å²) >= 11 is 0. The molecule has 0 spiro atoms. The Bertz CT molecular complexity index is 396. The summed E-state index contributed by atoms with van der Waals surface area (Å²) in [5.74, 6) is 0.634. The second-order valence-electron chi connectivity index (χ2n) is 6.36. The molecule has 1 aromatic rings. The van der Waals surface area contributed by atoms with Crippen molar-refractivity contribution in [3.05, 3.63) is 34.9 Å². The molecule has 1 aromatic carbocycles. The van der Waals surface area contributed by atoms with E-state index in [1.807, 2.05) is 0 Å². The zero-order valence-corrected chi connectivity index (χ0v) is 13.6. The van der Waals surface area contributed by atoms with Crippen molar-refractivity contribution in [2.45, 2.75) is 46.7 Å². The Kier molecular flexibility index (Phi) is 6.02. The molecule has 1 N–H and O–H groups in total. The highest BCUT2D eigenvalue weighted by Crippen LogP contribution is 2.20. The van der Waals surface area contributed by atoms with E-state index in [9.17, 15) is 0 Å². The number of benzene rings is 1. The molecule has 108 valence electrons. The molecule has 2 unspecified atom stereocenters. The van der Waals surface area contributed by atoms with Crippen LogP contribution in [0.5, 0.6) is 0 Å². The first-order valence-corrected chi connectivity index (χ1v) is 7.29. The van der Waals surface area contributed by atoms with Gasteiger partial charge in [-0.15, -0.1) is 0 Å². The fourth-order valence-corrected chi connectivity index (χ4v) is 2.49.